The highest BCUT2D eigenvalue weighted by atomic mass is 32.2. The SMILES string of the molecule is CC[N+](CC)=C(NS(=O)(=O)c1cc(C)ccc1C)c1ccccc1. The number of nitrogens with zero attached hydrogens (tertiary/aromatic N) is 1. The predicted molar refractivity (Wildman–Crippen MR) is 98.1 cm³/mol. The highest BCUT2D eigenvalue weighted by Crippen LogP contribution is 2.17. The van der Waals surface area contributed by atoms with Crippen molar-refractivity contribution in [3.63, 3.8) is 0 Å². The first kappa shape index (κ1) is 18.2. The molecule has 0 aliphatic heterocycles. The van der Waals surface area contributed by atoms with E-state index in [1.54, 1.807) is 6.07 Å². The van der Waals surface area contributed by atoms with Crippen LogP contribution in [0.3, 0.4) is 0 Å². The molecule has 0 aromatic heterocycles. The molecule has 0 amide bonds. The van der Waals surface area contributed by atoms with Crippen LogP contribution in [0.1, 0.15) is 30.5 Å². The van der Waals surface area contributed by atoms with Gasteiger partial charge in [-0.3, -0.25) is 4.58 Å². The van der Waals surface area contributed by atoms with Crippen LogP contribution in [0.2, 0.25) is 0 Å². The lowest BCUT2D eigenvalue weighted by atomic mass is 10.2. The fourth-order valence-electron chi connectivity index (χ4n) is 2.62. The molecule has 2 rings (SSSR count). The number of benzene rings is 2. The highest BCUT2D eigenvalue weighted by Gasteiger charge is 2.27. The van der Waals surface area contributed by atoms with Gasteiger partial charge in [0.1, 0.15) is 4.90 Å². The summed E-state index contributed by atoms with van der Waals surface area (Å²) in [6.45, 7) is 9.17. The van der Waals surface area contributed by atoms with E-state index in [0.29, 0.717) is 10.7 Å². The molecule has 0 bridgehead atoms. The van der Waals surface area contributed by atoms with Crippen molar-refractivity contribution in [2.45, 2.75) is 32.6 Å². The Morgan fingerprint density at radius 2 is 1.62 bits per heavy atom. The molecule has 2 aromatic rings. The Hall–Kier alpha value is -2.14. The summed E-state index contributed by atoms with van der Waals surface area (Å²) in [6.07, 6.45) is 0. The molecule has 4 nitrogen and oxygen atoms in total. The molecule has 1 N–H and O–H groups in total. The Kier molecular flexibility index (Phi) is 5.78. The zero-order chi connectivity index (χ0) is 17.7. The molecule has 0 saturated heterocycles. The van der Waals surface area contributed by atoms with E-state index in [1.165, 1.54) is 0 Å². The molecule has 5 heteroatoms. The molecule has 0 aliphatic rings. The Morgan fingerprint density at radius 1 is 1.00 bits per heavy atom. The van der Waals surface area contributed by atoms with Gasteiger partial charge in [0.05, 0.1) is 18.7 Å². The number of hydrogen-bond acceptors (Lipinski definition) is 2. The van der Waals surface area contributed by atoms with Crippen LogP contribution < -0.4 is 4.72 Å². The minimum absolute atomic E-state index is 0.322. The molecular weight excluding hydrogens is 320 g/mol. The van der Waals surface area contributed by atoms with Crippen LogP contribution in [-0.2, 0) is 10.0 Å². The zero-order valence-electron chi connectivity index (χ0n) is 14.7. The van der Waals surface area contributed by atoms with E-state index >= 15 is 0 Å². The molecule has 0 spiro atoms. The van der Waals surface area contributed by atoms with Crippen LogP contribution in [0.15, 0.2) is 53.4 Å². The van der Waals surface area contributed by atoms with Crippen LogP contribution in [-0.4, -0.2) is 31.9 Å². The molecule has 0 fully saturated rings. The number of nitrogens with one attached hydrogen (secondary N) is 1. The van der Waals surface area contributed by atoms with Crippen LogP contribution in [0, 0.1) is 13.8 Å². The molecule has 0 unspecified atom stereocenters. The van der Waals surface area contributed by atoms with Gasteiger partial charge in [-0.15, -0.1) is 0 Å². The summed E-state index contributed by atoms with van der Waals surface area (Å²) in [5, 5.41) is 0. The minimum Gasteiger partial charge on any atom is -0.261 e. The average Bonchev–Trinajstić information content (AvgIpc) is 2.58. The van der Waals surface area contributed by atoms with E-state index in [4.69, 9.17) is 0 Å². The molecule has 2 aromatic carbocycles. The van der Waals surface area contributed by atoms with Gasteiger partial charge in [-0.1, -0.05) is 30.3 Å². The third-order valence-corrected chi connectivity index (χ3v) is 5.47. The number of amidine groups is 1. The summed E-state index contributed by atoms with van der Waals surface area (Å²) in [4.78, 5) is 0.322. The fraction of sp³-hybridized carbons (Fsp3) is 0.316. The average molecular weight is 345 g/mol. The smallest absolute Gasteiger partial charge is 0.261 e. The van der Waals surface area contributed by atoms with Gasteiger partial charge in [-0.05, 0) is 57.0 Å². The quantitative estimate of drug-likeness (QED) is 0.514. The Balaban J connectivity index is 2.54. The van der Waals surface area contributed by atoms with Gasteiger partial charge < -0.3 is 0 Å². The number of aryl methyl sites for hydroxylation is 2. The minimum atomic E-state index is -3.65. The lowest BCUT2D eigenvalue weighted by Gasteiger charge is -2.12. The van der Waals surface area contributed by atoms with Crippen LogP contribution in [0.25, 0.3) is 0 Å². The third kappa shape index (κ3) is 4.03. The first-order chi connectivity index (χ1) is 11.4. The van der Waals surface area contributed by atoms with Crippen molar-refractivity contribution in [3.05, 3.63) is 65.2 Å². The number of sulfonamides is 1. The second kappa shape index (κ2) is 7.62. The summed E-state index contributed by atoms with van der Waals surface area (Å²) in [5.41, 5.74) is 2.51. The van der Waals surface area contributed by atoms with Gasteiger partial charge in [0.2, 0.25) is 0 Å². The molecule has 0 radical (unpaired) electrons. The zero-order valence-corrected chi connectivity index (χ0v) is 15.5. The Morgan fingerprint density at radius 3 is 2.21 bits per heavy atom. The molecule has 0 atom stereocenters. The van der Waals surface area contributed by atoms with Crippen molar-refractivity contribution in [2.24, 2.45) is 0 Å². The standard InChI is InChI=1S/C19H24N2O2S/c1-5-21(6-2)19(17-10-8-7-9-11-17)20-24(22,23)18-14-15(3)12-13-16(18)4/h7-14H,5-6H2,1-4H3/p+1. The Bertz CT molecular complexity index is 835. The van der Waals surface area contributed by atoms with E-state index in [1.807, 2.05) is 74.7 Å². The number of hydrogen-bond donors (Lipinski definition) is 1. The van der Waals surface area contributed by atoms with Crippen molar-refractivity contribution in [3.8, 4) is 0 Å². The maximum atomic E-state index is 13.0. The van der Waals surface area contributed by atoms with Gasteiger partial charge in [0, 0.05) is 0 Å². The lowest BCUT2D eigenvalue weighted by Crippen LogP contribution is -2.39. The van der Waals surface area contributed by atoms with Gasteiger partial charge in [-0.2, -0.15) is 13.1 Å². The highest BCUT2D eigenvalue weighted by molar-refractivity contribution is 7.90. The number of rotatable bonds is 5. The van der Waals surface area contributed by atoms with Crippen molar-refractivity contribution in [2.75, 3.05) is 13.1 Å². The second-order valence-electron chi connectivity index (χ2n) is 5.76. The molecular formula is C19H25N2O2S+. The van der Waals surface area contributed by atoms with Gasteiger partial charge in [0.25, 0.3) is 5.84 Å². The lowest BCUT2D eigenvalue weighted by molar-refractivity contribution is -0.521. The van der Waals surface area contributed by atoms with Crippen molar-refractivity contribution < 1.29 is 13.0 Å². The van der Waals surface area contributed by atoms with Crippen LogP contribution in [0.5, 0.6) is 0 Å². The molecule has 0 heterocycles. The van der Waals surface area contributed by atoms with Crippen molar-refractivity contribution in [1.29, 1.82) is 0 Å². The molecule has 24 heavy (non-hydrogen) atoms. The van der Waals surface area contributed by atoms with Crippen molar-refractivity contribution in [1.82, 2.24) is 4.72 Å². The van der Waals surface area contributed by atoms with E-state index in [-0.39, 0.29) is 0 Å². The topological polar surface area (TPSA) is 49.2 Å². The maximum Gasteiger partial charge on any atom is 0.329 e. The summed E-state index contributed by atoms with van der Waals surface area (Å²) in [5.74, 6) is 0.613. The maximum absolute atomic E-state index is 13.0. The summed E-state index contributed by atoms with van der Waals surface area (Å²) < 4.78 is 30.8. The molecule has 128 valence electrons. The van der Waals surface area contributed by atoms with Crippen molar-refractivity contribution >= 4 is 15.9 Å². The largest absolute Gasteiger partial charge is 0.329 e. The first-order valence-electron chi connectivity index (χ1n) is 8.16. The van der Waals surface area contributed by atoms with Crippen LogP contribution >= 0.6 is 0 Å². The monoisotopic (exact) mass is 345 g/mol. The Labute approximate surface area is 144 Å². The first-order valence-corrected chi connectivity index (χ1v) is 9.64. The normalized spacial score (nSPS) is 11.2. The van der Waals surface area contributed by atoms with Crippen LogP contribution in [0.4, 0.5) is 0 Å². The molecule has 0 aliphatic carbocycles. The van der Waals surface area contributed by atoms with E-state index in [9.17, 15) is 8.42 Å². The summed E-state index contributed by atoms with van der Waals surface area (Å²) in [7, 11) is -3.65. The van der Waals surface area contributed by atoms with Gasteiger partial charge in [0.15, 0.2) is 0 Å². The van der Waals surface area contributed by atoms with Gasteiger partial charge in [-0.25, -0.2) is 0 Å². The van der Waals surface area contributed by atoms with E-state index in [2.05, 4.69) is 4.72 Å². The summed E-state index contributed by atoms with van der Waals surface area (Å²) in [6, 6.07) is 15.0. The fourth-order valence-corrected chi connectivity index (χ4v) is 4.07. The predicted octanol–water partition coefficient (Wildman–Crippen LogP) is 3.08. The van der Waals surface area contributed by atoms with E-state index < -0.39 is 10.0 Å². The third-order valence-electron chi connectivity index (χ3n) is 3.99. The molecule has 0 saturated carbocycles. The van der Waals surface area contributed by atoms with Gasteiger partial charge >= 0.3 is 10.0 Å². The summed E-state index contributed by atoms with van der Waals surface area (Å²) >= 11 is 0. The van der Waals surface area contributed by atoms with E-state index in [0.717, 1.165) is 29.8 Å². The second-order valence-corrected chi connectivity index (χ2v) is 7.41.